The molecular weight excluding hydrogens is 378 g/mol. The van der Waals surface area contributed by atoms with Gasteiger partial charge in [0, 0.05) is 37.3 Å². The largest absolute Gasteiger partial charge is 0.378 e. The molecule has 1 fully saturated rings. The fourth-order valence-electron chi connectivity index (χ4n) is 2.31. The molecule has 1 aliphatic rings. The van der Waals surface area contributed by atoms with E-state index in [1.165, 1.54) is 4.31 Å². The summed E-state index contributed by atoms with van der Waals surface area (Å²) in [4.78, 5) is 2.21. The van der Waals surface area contributed by atoms with E-state index in [-0.39, 0.29) is 18.3 Å². The van der Waals surface area contributed by atoms with Crippen molar-refractivity contribution in [1.82, 2.24) is 4.31 Å². The zero-order valence-electron chi connectivity index (χ0n) is 12.1. The van der Waals surface area contributed by atoms with E-state index in [1.807, 2.05) is 25.1 Å². The van der Waals surface area contributed by atoms with E-state index in [2.05, 4.69) is 15.9 Å². The van der Waals surface area contributed by atoms with Crippen molar-refractivity contribution >= 4 is 44.0 Å². The minimum atomic E-state index is -3.46. The van der Waals surface area contributed by atoms with Gasteiger partial charge in [0.15, 0.2) is 0 Å². The third-order valence-corrected chi connectivity index (χ3v) is 6.49. The number of nitrogens with zero attached hydrogens (tertiary/aromatic N) is 2. The van der Waals surface area contributed by atoms with E-state index >= 15 is 0 Å². The number of hydrogen-bond acceptors (Lipinski definition) is 4. The minimum absolute atomic E-state index is 0. The lowest BCUT2D eigenvalue weighted by molar-refractivity contribution is 0.459. The molecule has 1 aromatic carbocycles. The fourth-order valence-corrected chi connectivity index (χ4v) is 4.79. The van der Waals surface area contributed by atoms with E-state index in [4.69, 9.17) is 5.73 Å². The van der Waals surface area contributed by atoms with Gasteiger partial charge < -0.3 is 10.6 Å². The second-order valence-corrected chi connectivity index (χ2v) is 8.02. The summed E-state index contributed by atoms with van der Waals surface area (Å²) in [6, 6.07) is 5.36. The van der Waals surface area contributed by atoms with Gasteiger partial charge in [-0.3, -0.25) is 0 Å². The van der Waals surface area contributed by atoms with Crippen molar-refractivity contribution in [2.24, 2.45) is 11.7 Å². The molecule has 1 heterocycles. The lowest BCUT2D eigenvalue weighted by atomic mass is 10.1. The molecule has 1 unspecified atom stereocenters. The van der Waals surface area contributed by atoms with Crippen molar-refractivity contribution in [3.05, 3.63) is 22.7 Å². The predicted octanol–water partition coefficient (Wildman–Crippen LogP) is 1.91. The third-order valence-electron chi connectivity index (χ3n) is 3.63. The lowest BCUT2D eigenvalue weighted by Crippen LogP contribution is -2.30. The fraction of sp³-hybridized carbons (Fsp3) is 0.538. The molecule has 21 heavy (non-hydrogen) atoms. The molecule has 2 rings (SSSR count). The molecule has 0 radical (unpaired) electrons. The van der Waals surface area contributed by atoms with Crippen LogP contribution in [0.2, 0.25) is 0 Å². The zero-order valence-corrected chi connectivity index (χ0v) is 15.3. The van der Waals surface area contributed by atoms with Crippen LogP contribution in [0.1, 0.15) is 6.42 Å². The molecule has 120 valence electrons. The monoisotopic (exact) mass is 397 g/mol. The first kappa shape index (κ1) is 18.7. The van der Waals surface area contributed by atoms with Gasteiger partial charge in [-0.25, -0.2) is 8.42 Å². The Morgan fingerprint density at radius 3 is 2.62 bits per heavy atom. The first-order valence-corrected chi connectivity index (χ1v) is 8.76. The van der Waals surface area contributed by atoms with E-state index in [0.717, 1.165) is 12.1 Å². The van der Waals surface area contributed by atoms with Crippen LogP contribution in [-0.4, -0.2) is 46.5 Å². The molecule has 0 aromatic heterocycles. The highest BCUT2D eigenvalue weighted by molar-refractivity contribution is 9.10. The van der Waals surface area contributed by atoms with Gasteiger partial charge in [0.25, 0.3) is 0 Å². The zero-order chi connectivity index (χ0) is 14.9. The van der Waals surface area contributed by atoms with Crippen molar-refractivity contribution in [2.45, 2.75) is 11.3 Å². The summed E-state index contributed by atoms with van der Waals surface area (Å²) in [5.74, 6) is 0.264. The Morgan fingerprint density at radius 2 is 2.10 bits per heavy atom. The maximum atomic E-state index is 12.7. The van der Waals surface area contributed by atoms with Crippen molar-refractivity contribution in [2.75, 3.05) is 38.6 Å². The van der Waals surface area contributed by atoms with E-state index in [1.54, 1.807) is 12.1 Å². The molecule has 2 N–H and O–H groups in total. The van der Waals surface area contributed by atoms with Crippen LogP contribution < -0.4 is 10.6 Å². The number of anilines is 1. The Morgan fingerprint density at radius 1 is 1.43 bits per heavy atom. The SMILES string of the molecule is CN(C)c1ccc(Br)c(S(=O)(=O)N2CCC(CN)C2)c1.Cl. The van der Waals surface area contributed by atoms with Gasteiger partial charge >= 0.3 is 0 Å². The van der Waals surface area contributed by atoms with Crippen molar-refractivity contribution in [3.8, 4) is 0 Å². The Balaban J connectivity index is 0.00000220. The average Bonchev–Trinajstić information content (AvgIpc) is 2.88. The molecule has 1 aromatic rings. The number of rotatable bonds is 4. The summed E-state index contributed by atoms with van der Waals surface area (Å²) in [6.45, 7) is 1.59. The van der Waals surface area contributed by atoms with Crippen LogP contribution in [0.5, 0.6) is 0 Å². The Bertz CT molecular complexity index is 595. The second kappa shape index (κ2) is 7.28. The topological polar surface area (TPSA) is 66.6 Å². The molecule has 0 saturated carbocycles. The molecular formula is C13H21BrClN3O2S. The first-order chi connectivity index (χ1) is 9.36. The second-order valence-electron chi connectivity index (χ2n) is 5.26. The van der Waals surface area contributed by atoms with Crippen LogP contribution >= 0.6 is 28.3 Å². The van der Waals surface area contributed by atoms with E-state index in [9.17, 15) is 8.42 Å². The van der Waals surface area contributed by atoms with Gasteiger partial charge in [0.05, 0.1) is 4.90 Å². The maximum absolute atomic E-state index is 12.7. The summed E-state index contributed by atoms with van der Waals surface area (Å²) < 4.78 is 27.6. The summed E-state index contributed by atoms with van der Waals surface area (Å²) >= 11 is 3.35. The number of halogens is 2. The summed E-state index contributed by atoms with van der Waals surface area (Å²) in [6.07, 6.45) is 0.834. The Labute approximate surface area is 141 Å². The van der Waals surface area contributed by atoms with Crippen LogP contribution in [0.25, 0.3) is 0 Å². The summed E-state index contributed by atoms with van der Waals surface area (Å²) in [5, 5.41) is 0. The quantitative estimate of drug-likeness (QED) is 0.841. The molecule has 8 heteroatoms. The van der Waals surface area contributed by atoms with Gasteiger partial charge in [-0.1, -0.05) is 0 Å². The van der Waals surface area contributed by atoms with Crippen molar-refractivity contribution < 1.29 is 8.42 Å². The van der Waals surface area contributed by atoms with Crippen LogP contribution in [0.15, 0.2) is 27.6 Å². The Hall–Kier alpha value is -0.340. The van der Waals surface area contributed by atoms with Crippen molar-refractivity contribution in [1.29, 1.82) is 0 Å². The number of sulfonamides is 1. The summed E-state index contributed by atoms with van der Waals surface area (Å²) in [5.41, 5.74) is 6.50. The lowest BCUT2D eigenvalue weighted by Gasteiger charge is -2.20. The van der Waals surface area contributed by atoms with Gasteiger partial charge in [-0.2, -0.15) is 4.31 Å². The average molecular weight is 399 g/mol. The number of benzene rings is 1. The van der Waals surface area contributed by atoms with E-state index < -0.39 is 10.0 Å². The van der Waals surface area contributed by atoms with Crippen LogP contribution in [-0.2, 0) is 10.0 Å². The first-order valence-electron chi connectivity index (χ1n) is 6.53. The predicted molar refractivity (Wildman–Crippen MR) is 91.6 cm³/mol. The van der Waals surface area contributed by atoms with Gasteiger partial charge in [-0.15, -0.1) is 12.4 Å². The standard InChI is InChI=1S/C13H20BrN3O2S.ClH/c1-16(2)11-3-4-12(14)13(7-11)20(18,19)17-6-5-10(8-15)9-17;/h3-4,7,10H,5-6,8-9,15H2,1-2H3;1H. The van der Waals surface area contributed by atoms with Crippen LogP contribution in [0.3, 0.4) is 0 Å². The number of hydrogen-bond donors (Lipinski definition) is 1. The van der Waals surface area contributed by atoms with Crippen molar-refractivity contribution in [3.63, 3.8) is 0 Å². The van der Waals surface area contributed by atoms with Crippen LogP contribution in [0, 0.1) is 5.92 Å². The third kappa shape index (κ3) is 3.90. The molecule has 0 aliphatic carbocycles. The molecule has 0 bridgehead atoms. The normalized spacial score (nSPS) is 19.3. The number of nitrogens with two attached hydrogens (primary N) is 1. The highest BCUT2D eigenvalue weighted by Gasteiger charge is 2.33. The minimum Gasteiger partial charge on any atom is -0.378 e. The van der Waals surface area contributed by atoms with Gasteiger partial charge in [-0.05, 0) is 53.0 Å². The summed E-state index contributed by atoms with van der Waals surface area (Å²) in [7, 11) is 0.314. The molecule has 1 saturated heterocycles. The smallest absolute Gasteiger partial charge is 0.244 e. The van der Waals surface area contributed by atoms with Gasteiger partial charge in [0.1, 0.15) is 0 Å². The molecule has 1 atom stereocenters. The molecule has 0 amide bonds. The molecule has 0 spiro atoms. The van der Waals surface area contributed by atoms with Gasteiger partial charge in [0.2, 0.25) is 10.0 Å². The molecule has 1 aliphatic heterocycles. The van der Waals surface area contributed by atoms with E-state index in [0.29, 0.717) is 29.0 Å². The molecule has 5 nitrogen and oxygen atoms in total. The highest BCUT2D eigenvalue weighted by Crippen LogP contribution is 2.31. The Kier molecular flexibility index (Phi) is 6.49. The highest BCUT2D eigenvalue weighted by atomic mass is 79.9. The van der Waals surface area contributed by atoms with Crippen LogP contribution in [0.4, 0.5) is 5.69 Å². The maximum Gasteiger partial charge on any atom is 0.244 e.